The molecule has 5 nitrogen and oxygen atoms in total. The van der Waals surface area contributed by atoms with E-state index in [1.807, 2.05) is 22.9 Å². The van der Waals surface area contributed by atoms with Crippen LogP contribution in [0.2, 0.25) is 0 Å². The molecule has 104 valence electrons. The second kappa shape index (κ2) is 6.12. The molecule has 2 aromatic heterocycles. The van der Waals surface area contributed by atoms with Crippen LogP contribution in [0.25, 0.3) is 5.78 Å². The third kappa shape index (κ3) is 3.75. The Morgan fingerprint density at radius 3 is 2.89 bits per heavy atom. The van der Waals surface area contributed by atoms with Gasteiger partial charge in [0.1, 0.15) is 0 Å². The lowest BCUT2D eigenvalue weighted by Gasteiger charge is -2.20. The molecule has 0 amide bonds. The molecule has 5 heteroatoms. The molecular weight excluding hydrogens is 238 g/mol. The minimum atomic E-state index is 0.269. The van der Waals surface area contributed by atoms with E-state index in [1.54, 1.807) is 6.20 Å². The maximum absolute atomic E-state index is 6.06. The molecule has 0 aromatic carbocycles. The van der Waals surface area contributed by atoms with Crippen LogP contribution < -0.4 is 5.73 Å². The van der Waals surface area contributed by atoms with Gasteiger partial charge >= 0.3 is 0 Å². The summed E-state index contributed by atoms with van der Waals surface area (Å²) < 4.78 is 1.95. The highest BCUT2D eigenvalue weighted by Gasteiger charge is 2.10. The Bertz CT molecular complexity index is 486. The van der Waals surface area contributed by atoms with Crippen molar-refractivity contribution in [3.8, 4) is 0 Å². The highest BCUT2D eigenvalue weighted by atomic mass is 15.1. The largest absolute Gasteiger partial charge is 0.327 e. The molecule has 0 fully saturated rings. The lowest BCUT2D eigenvalue weighted by Crippen LogP contribution is -2.31. The Morgan fingerprint density at radius 1 is 1.42 bits per heavy atom. The van der Waals surface area contributed by atoms with E-state index in [4.69, 9.17) is 5.73 Å². The number of rotatable bonds is 6. The summed E-state index contributed by atoms with van der Waals surface area (Å²) in [5, 5.41) is 0. The molecule has 0 aliphatic carbocycles. The van der Waals surface area contributed by atoms with E-state index in [2.05, 4.69) is 35.8 Å². The van der Waals surface area contributed by atoms with Crippen LogP contribution in [0.4, 0.5) is 0 Å². The number of hydrogen-bond acceptors (Lipinski definition) is 4. The van der Waals surface area contributed by atoms with Gasteiger partial charge in [-0.2, -0.15) is 0 Å². The van der Waals surface area contributed by atoms with Crippen molar-refractivity contribution in [1.29, 1.82) is 0 Å². The predicted octanol–water partition coefficient (Wildman–Crippen LogP) is 1.53. The van der Waals surface area contributed by atoms with Crippen molar-refractivity contribution < 1.29 is 0 Å². The molecule has 0 saturated heterocycles. The number of nitrogens with zero attached hydrogens (tertiary/aromatic N) is 4. The van der Waals surface area contributed by atoms with Gasteiger partial charge in [-0.1, -0.05) is 13.8 Å². The molecule has 0 saturated carbocycles. The van der Waals surface area contributed by atoms with Crippen LogP contribution in [-0.2, 0) is 6.54 Å². The zero-order valence-corrected chi connectivity index (χ0v) is 12.0. The zero-order valence-electron chi connectivity index (χ0n) is 12.0. The van der Waals surface area contributed by atoms with Gasteiger partial charge < -0.3 is 10.6 Å². The van der Waals surface area contributed by atoms with Crippen molar-refractivity contribution in [3.63, 3.8) is 0 Å². The van der Waals surface area contributed by atoms with Gasteiger partial charge in [0, 0.05) is 31.2 Å². The Morgan fingerprint density at radius 2 is 2.21 bits per heavy atom. The van der Waals surface area contributed by atoms with Gasteiger partial charge in [-0.3, -0.25) is 4.40 Å². The van der Waals surface area contributed by atoms with Crippen LogP contribution >= 0.6 is 0 Å². The Kier molecular flexibility index (Phi) is 4.50. The average Bonchev–Trinajstić information content (AvgIpc) is 2.77. The number of aromatic nitrogens is 3. The molecule has 0 bridgehead atoms. The fourth-order valence-corrected chi connectivity index (χ4v) is 2.01. The Labute approximate surface area is 114 Å². The fraction of sp³-hybridized carbons (Fsp3) is 0.571. The molecule has 0 aliphatic rings. The lowest BCUT2D eigenvalue weighted by atomic mass is 10.0. The molecule has 2 N–H and O–H groups in total. The van der Waals surface area contributed by atoms with Crippen molar-refractivity contribution in [1.82, 2.24) is 19.3 Å². The van der Waals surface area contributed by atoms with E-state index in [0.29, 0.717) is 5.92 Å². The first-order valence-corrected chi connectivity index (χ1v) is 6.79. The van der Waals surface area contributed by atoms with Gasteiger partial charge in [-0.05, 0) is 32.0 Å². The first-order chi connectivity index (χ1) is 9.06. The number of hydrogen-bond donors (Lipinski definition) is 1. The number of fused-ring (bicyclic) bond motifs is 1. The van der Waals surface area contributed by atoms with Crippen LogP contribution in [0, 0.1) is 5.92 Å². The highest BCUT2D eigenvalue weighted by molar-refractivity contribution is 5.29. The van der Waals surface area contributed by atoms with Crippen LogP contribution in [0.5, 0.6) is 0 Å². The smallest absolute Gasteiger partial charge is 0.233 e. The number of imidazole rings is 1. The summed E-state index contributed by atoms with van der Waals surface area (Å²) in [6.07, 6.45) is 6.77. The van der Waals surface area contributed by atoms with Crippen LogP contribution in [0.3, 0.4) is 0 Å². The standard InChI is InChI=1S/C14H23N5/c1-11(2)13(15)5-8-18(3)9-12-10-19-7-4-6-16-14(19)17-12/h4,6-7,10-11,13H,5,8-9,15H2,1-3H3. The summed E-state index contributed by atoms with van der Waals surface area (Å²) in [4.78, 5) is 11.0. The van der Waals surface area contributed by atoms with E-state index in [0.717, 1.165) is 31.0 Å². The molecule has 1 unspecified atom stereocenters. The molecular formula is C14H23N5. The van der Waals surface area contributed by atoms with Gasteiger partial charge in [0.05, 0.1) is 5.69 Å². The first-order valence-electron chi connectivity index (χ1n) is 6.79. The minimum absolute atomic E-state index is 0.269. The van der Waals surface area contributed by atoms with E-state index in [1.165, 1.54) is 0 Å². The Hall–Kier alpha value is -1.46. The van der Waals surface area contributed by atoms with E-state index in [-0.39, 0.29) is 6.04 Å². The maximum atomic E-state index is 6.06. The second-order valence-corrected chi connectivity index (χ2v) is 5.49. The first kappa shape index (κ1) is 14.0. The van der Waals surface area contributed by atoms with E-state index >= 15 is 0 Å². The van der Waals surface area contributed by atoms with Crippen molar-refractivity contribution in [2.24, 2.45) is 11.7 Å². The molecule has 19 heavy (non-hydrogen) atoms. The fourth-order valence-electron chi connectivity index (χ4n) is 2.01. The van der Waals surface area contributed by atoms with Crippen molar-refractivity contribution in [2.45, 2.75) is 32.9 Å². The van der Waals surface area contributed by atoms with Crippen LogP contribution in [0.1, 0.15) is 26.0 Å². The van der Waals surface area contributed by atoms with E-state index < -0.39 is 0 Å². The normalized spacial score (nSPS) is 13.6. The van der Waals surface area contributed by atoms with Crippen molar-refractivity contribution in [3.05, 3.63) is 30.4 Å². The Balaban J connectivity index is 1.89. The minimum Gasteiger partial charge on any atom is -0.327 e. The SMILES string of the molecule is CC(C)C(N)CCN(C)Cc1cn2cccnc2n1. The molecule has 2 rings (SSSR count). The van der Waals surface area contributed by atoms with Gasteiger partial charge in [-0.15, -0.1) is 0 Å². The summed E-state index contributed by atoms with van der Waals surface area (Å²) in [7, 11) is 2.10. The summed E-state index contributed by atoms with van der Waals surface area (Å²) in [6.45, 7) is 6.14. The highest BCUT2D eigenvalue weighted by Crippen LogP contribution is 2.07. The molecule has 2 heterocycles. The van der Waals surface area contributed by atoms with Crippen molar-refractivity contribution >= 4 is 5.78 Å². The summed E-state index contributed by atoms with van der Waals surface area (Å²) in [5.74, 6) is 1.29. The second-order valence-electron chi connectivity index (χ2n) is 5.49. The molecule has 0 radical (unpaired) electrons. The topological polar surface area (TPSA) is 59.5 Å². The number of nitrogens with two attached hydrogens (primary N) is 1. The van der Waals surface area contributed by atoms with Crippen LogP contribution in [0.15, 0.2) is 24.7 Å². The van der Waals surface area contributed by atoms with Gasteiger partial charge in [0.25, 0.3) is 0 Å². The van der Waals surface area contributed by atoms with Crippen LogP contribution in [-0.4, -0.2) is 38.9 Å². The molecule has 1 atom stereocenters. The van der Waals surface area contributed by atoms with Gasteiger partial charge in [0.15, 0.2) is 0 Å². The lowest BCUT2D eigenvalue weighted by molar-refractivity contribution is 0.294. The summed E-state index contributed by atoms with van der Waals surface area (Å²) in [6, 6.07) is 2.18. The van der Waals surface area contributed by atoms with Crippen molar-refractivity contribution in [2.75, 3.05) is 13.6 Å². The van der Waals surface area contributed by atoms with Gasteiger partial charge in [0.2, 0.25) is 5.78 Å². The molecule has 2 aromatic rings. The maximum Gasteiger partial charge on any atom is 0.233 e. The average molecular weight is 261 g/mol. The summed E-state index contributed by atoms with van der Waals surface area (Å²) in [5.41, 5.74) is 7.10. The third-order valence-electron chi connectivity index (χ3n) is 3.42. The summed E-state index contributed by atoms with van der Waals surface area (Å²) >= 11 is 0. The van der Waals surface area contributed by atoms with Gasteiger partial charge in [-0.25, -0.2) is 9.97 Å². The monoisotopic (exact) mass is 261 g/mol. The quantitative estimate of drug-likeness (QED) is 0.857. The van der Waals surface area contributed by atoms with E-state index in [9.17, 15) is 0 Å². The zero-order chi connectivity index (χ0) is 13.8. The predicted molar refractivity (Wildman–Crippen MR) is 76.8 cm³/mol. The molecule has 0 spiro atoms. The molecule has 0 aliphatic heterocycles. The third-order valence-corrected chi connectivity index (χ3v) is 3.42.